The molecule has 0 amide bonds. The summed E-state index contributed by atoms with van der Waals surface area (Å²) in [4.78, 5) is 12.5. The third kappa shape index (κ3) is 1.98. The van der Waals surface area contributed by atoms with Gasteiger partial charge < -0.3 is 10.5 Å². The maximum atomic E-state index is 12.5. The topological polar surface area (TPSA) is 52.3 Å². The van der Waals surface area contributed by atoms with Crippen LogP contribution in [0.5, 0.6) is 0 Å². The van der Waals surface area contributed by atoms with E-state index in [2.05, 4.69) is 12.1 Å². The summed E-state index contributed by atoms with van der Waals surface area (Å²) in [5.41, 5.74) is 9.03. The molecule has 3 nitrogen and oxygen atoms in total. The normalized spacial score (nSPS) is 21.6. The summed E-state index contributed by atoms with van der Waals surface area (Å²) in [6, 6.07) is 6.09. The van der Waals surface area contributed by atoms with Gasteiger partial charge in [-0.2, -0.15) is 0 Å². The molecule has 1 saturated heterocycles. The van der Waals surface area contributed by atoms with Gasteiger partial charge in [-0.3, -0.25) is 4.79 Å². The first-order chi connectivity index (χ1) is 8.69. The van der Waals surface area contributed by atoms with Crippen molar-refractivity contribution >= 4 is 5.78 Å². The number of hydrogen-bond acceptors (Lipinski definition) is 3. The minimum absolute atomic E-state index is 0.0838. The molecule has 1 aliphatic carbocycles. The summed E-state index contributed by atoms with van der Waals surface area (Å²) < 4.78 is 5.29. The molecule has 0 bridgehead atoms. The molecule has 0 radical (unpaired) electrons. The molecule has 1 aromatic carbocycles. The fourth-order valence-electron chi connectivity index (χ4n) is 2.96. The Bertz CT molecular complexity index is 475. The van der Waals surface area contributed by atoms with Gasteiger partial charge in [0, 0.05) is 18.8 Å². The van der Waals surface area contributed by atoms with Crippen LogP contribution in [0, 0.1) is 0 Å². The molecule has 2 N–H and O–H groups in total. The lowest BCUT2D eigenvalue weighted by molar-refractivity contribution is 0.0448. The number of hydrogen-bond donors (Lipinski definition) is 1. The van der Waals surface area contributed by atoms with Crippen molar-refractivity contribution < 1.29 is 9.53 Å². The van der Waals surface area contributed by atoms with Gasteiger partial charge in [0.15, 0.2) is 5.78 Å². The van der Waals surface area contributed by atoms with Crippen molar-refractivity contribution in [3.05, 3.63) is 34.9 Å². The van der Waals surface area contributed by atoms with Crippen LogP contribution in [0.4, 0.5) is 0 Å². The van der Waals surface area contributed by atoms with Crippen LogP contribution < -0.4 is 5.73 Å². The highest BCUT2D eigenvalue weighted by Gasteiger charge is 2.36. The molecular weight excluding hydrogens is 226 g/mol. The van der Waals surface area contributed by atoms with Gasteiger partial charge in [0.25, 0.3) is 0 Å². The van der Waals surface area contributed by atoms with Gasteiger partial charge in [-0.15, -0.1) is 0 Å². The van der Waals surface area contributed by atoms with Gasteiger partial charge in [0.1, 0.15) is 0 Å². The number of carbonyl (C=O) groups is 1. The SMILES string of the molecule is NC1(C(=O)c2ccc3c(c2)CCC3)CCOCC1. The van der Waals surface area contributed by atoms with Crippen molar-refractivity contribution in [2.75, 3.05) is 13.2 Å². The first kappa shape index (κ1) is 11.9. The molecule has 2 aliphatic rings. The van der Waals surface area contributed by atoms with Crippen molar-refractivity contribution in [3.63, 3.8) is 0 Å². The molecule has 1 fully saturated rings. The molecular formula is C15H19NO2. The smallest absolute Gasteiger partial charge is 0.182 e. The molecule has 1 heterocycles. The Kier molecular flexibility index (Phi) is 2.96. The van der Waals surface area contributed by atoms with Crippen LogP contribution in [0.1, 0.15) is 40.7 Å². The molecule has 1 aliphatic heterocycles. The number of ether oxygens (including phenoxy) is 1. The van der Waals surface area contributed by atoms with Gasteiger partial charge in [-0.25, -0.2) is 0 Å². The number of benzene rings is 1. The fourth-order valence-corrected chi connectivity index (χ4v) is 2.96. The van der Waals surface area contributed by atoms with E-state index in [9.17, 15) is 4.79 Å². The van der Waals surface area contributed by atoms with Gasteiger partial charge in [-0.1, -0.05) is 12.1 Å². The highest BCUT2D eigenvalue weighted by Crippen LogP contribution is 2.27. The third-order valence-electron chi connectivity index (χ3n) is 4.20. The lowest BCUT2D eigenvalue weighted by Gasteiger charge is -2.31. The van der Waals surface area contributed by atoms with Crippen LogP contribution in [0.25, 0.3) is 0 Å². The van der Waals surface area contributed by atoms with E-state index < -0.39 is 5.54 Å². The first-order valence-corrected chi connectivity index (χ1v) is 6.72. The number of rotatable bonds is 2. The van der Waals surface area contributed by atoms with Crippen molar-refractivity contribution in [1.82, 2.24) is 0 Å². The van der Waals surface area contributed by atoms with Crippen molar-refractivity contribution in [3.8, 4) is 0 Å². The Labute approximate surface area is 107 Å². The lowest BCUT2D eigenvalue weighted by atomic mass is 9.83. The van der Waals surface area contributed by atoms with E-state index in [0.717, 1.165) is 18.4 Å². The summed E-state index contributed by atoms with van der Waals surface area (Å²) in [6.45, 7) is 1.18. The summed E-state index contributed by atoms with van der Waals surface area (Å²) in [6.07, 6.45) is 4.70. The van der Waals surface area contributed by atoms with Crippen LogP contribution in [-0.2, 0) is 17.6 Å². The zero-order valence-electron chi connectivity index (χ0n) is 10.6. The van der Waals surface area contributed by atoms with Gasteiger partial charge in [-0.05, 0) is 49.3 Å². The second kappa shape index (κ2) is 4.48. The highest BCUT2D eigenvalue weighted by atomic mass is 16.5. The van der Waals surface area contributed by atoms with Crippen LogP contribution in [-0.4, -0.2) is 24.5 Å². The third-order valence-corrected chi connectivity index (χ3v) is 4.20. The van der Waals surface area contributed by atoms with Crippen molar-refractivity contribution in [1.29, 1.82) is 0 Å². The van der Waals surface area contributed by atoms with Crippen LogP contribution >= 0.6 is 0 Å². The Morgan fingerprint density at radius 2 is 1.89 bits per heavy atom. The number of carbonyl (C=O) groups excluding carboxylic acids is 1. The quantitative estimate of drug-likeness (QED) is 0.809. The molecule has 3 heteroatoms. The van der Waals surface area contributed by atoms with Crippen LogP contribution in [0.15, 0.2) is 18.2 Å². The average molecular weight is 245 g/mol. The minimum atomic E-state index is -0.717. The minimum Gasteiger partial charge on any atom is -0.381 e. The number of ketones is 1. The van der Waals surface area contributed by atoms with Crippen LogP contribution in [0.2, 0.25) is 0 Å². The maximum absolute atomic E-state index is 12.5. The van der Waals surface area contributed by atoms with E-state index >= 15 is 0 Å². The Balaban J connectivity index is 1.88. The predicted molar refractivity (Wildman–Crippen MR) is 69.8 cm³/mol. The van der Waals surface area contributed by atoms with Gasteiger partial charge in [0.05, 0.1) is 5.54 Å². The second-order valence-corrected chi connectivity index (χ2v) is 5.43. The Morgan fingerprint density at radius 3 is 2.67 bits per heavy atom. The average Bonchev–Trinajstić information content (AvgIpc) is 2.86. The standard InChI is InChI=1S/C15H19NO2/c16-15(6-8-18-9-7-15)14(17)13-5-4-11-2-1-3-12(11)10-13/h4-5,10H,1-3,6-9,16H2. The summed E-state index contributed by atoms with van der Waals surface area (Å²) in [5.74, 6) is 0.0838. The van der Waals surface area contributed by atoms with E-state index in [1.54, 1.807) is 0 Å². The zero-order valence-corrected chi connectivity index (χ0v) is 10.6. The van der Waals surface area contributed by atoms with E-state index in [0.29, 0.717) is 26.1 Å². The molecule has 0 saturated carbocycles. The number of fused-ring (bicyclic) bond motifs is 1. The van der Waals surface area contributed by atoms with Crippen molar-refractivity contribution in [2.24, 2.45) is 5.73 Å². The molecule has 0 unspecified atom stereocenters. The highest BCUT2D eigenvalue weighted by molar-refractivity contribution is 6.03. The Morgan fingerprint density at radius 1 is 1.17 bits per heavy atom. The summed E-state index contributed by atoms with van der Waals surface area (Å²) in [7, 11) is 0. The maximum Gasteiger partial charge on any atom is 0.182 e. The van der Waals surface area contributed by atoms with E-state index in [-0.39, 0.29) is 5.78 Å². The fraction of sp³-hybridized carbons (Fsp3) is 0.533. The molecule has 96 valence electrons. The van der Waals surface area contributed by atoms with Gasteiger partial charge in [0.2, 0.25) is 0 Å². The monoisotopic (exact) mass is 245 g/mol. The summed E-state index contributed by atoms with van der Waals surface area (Å²) in [5, 5.41) is 0. The van der Waals surface area contributed by atoms with E-state index in [1.165, 1.54) is 17.5 Å². The van der Waals surface area contributed by atoms with Gasteiger partial charge >= 0.3 is 0 Å². The van der Waals surface area contributed by atoms with Crippen molar-refractivity contribution in [2.45, 2.75) is 37.6 Å². The summed E-state index contributed by atoms with van der Waals surface area (Å²) >= 11 is 0. The molecule has 1 aromatic rings. The molecule has 0 aromatic heterocycles. The largest absolute Gasteiger partial charge is 0.381 e. The molecule has 0 atom stereocenters. The number of aryl methyl sites for hydroxylation is 2. The predicted octanol–water partition coefficient (Wildman–Crippen LogP) is 1.87. The first-order valence-electron chi connectivity index (χ1n) is 6.72. The van der Waals surface area contributed by atoms with Crippen LogP contribution in [0.3, 0.4) is 0 Å². The second-order valence-electron chi connectivity index (χ2n) is 5.43. The number of Topliss-reactive ketones (excluding diaryl/α,β-unsaturated/α-hetero) is 1. The molecule has 0 spiro atoms. The molecule has 18 heavy (non-hydrogen) atoms. The number of nitrogens with two attached hydrogens (primary N) is 1. The molecule has 3 rings (SSSR count). The van der Waals surface area contributed by atoms with E-state index in [1.807, 2.05) is 6.07 Å². The van der Waals surface area contributed by atoms with E-state index in [4.69, 9.17) is 10.5 Å². The lowest BCUT2D eigenvalue weighted by Crippen LogP contribution is -2.51. The Hall–Kier alpha value is -1.19. The zero-order chi connectivity index (χ0) is 12.6.